The van der Waals surface area contributed by atoms with Crippen LogP contribution in [0.25, 0.3) is 0 Å². The van der Waals surface area contributed by atoms with E-state index in [4.69, 9.17) is 4.74 Å². The zero-order valence-electron chi connectivity index (χ0n) is 17.1. The lowest BCUT2D eigenvalue weighted by Gasteiger charge is -2.19. The second-order valence-electron chi connectivity index (χ2n) is 8.21. The molecule has 3 rings (SSSR count). The van der Waals surface area contributed by atoms with Crippen LogP contribution in [0.3, 0.4) is 0 Å². The Hall–Kier alpha value is -2.54. The molecule has 1 fully saturated rings. The van der Waals surface area contributed by atoms with Gasteiger partial charge in [-0.15, -0.1) is 0 Å². The smallest absolute Gasteiger partial charge is 0.235 e. The number of carbonyl (C=O) groups excluding carboxylic acids is 1. The van der Waals surface area contributed by atoms with Crippen LogP contribution in [0.15, 0.2) is 48.5 Å². The summed E-state index contributed by atoms with van der Waals surface area (Å²) < 4.78 is 31.0. The molecule has 1 amide bonds. The molecule has 156 valence electrons. The fraction of sp³-hybridized carbons (Fsp3) is 0.409. The summed E-state index contributed by atoms with van der Waals surface area (Å²) in [6, 6.07) is 14.8. The van der Waals surface area contributed by atoms with E-state index < -0.39 is 10.0 Å². The van der Waals surface area contributed by atoms with Crippen LogP contribution in [-0.2, 0) is 20.2 Å². The van der Waals surface area contributed by atoms with Gasteiger partial charge in [0.1, 0.15) is 5.75 Å². The first-order valence-corrected chi connectivity index (χ1v) is 11.4. The third-order valence-corrected chi connectivity index (χ3v) is 6.73. The van der Waals surface area contributed by atoms with Crippen LogP contribution in [0.5, 0.6) is 5.75 Å². The number of hydrogen-bond acceptors (Lipinski definition) is 4. The molecule has 0 saturated carbocycles. The van der Waals surface area contributed by atoms with Crippen molar-refractivity contribution in [2.24, 2.45) is 0 Å². The first kappa shape index (κ1) is 21.2. The molecule has 1 aliphatic heterocycles. The monoisotopic (exact) mass is 416 g/mol. The van der Waals surface area contributed by atoms with Gasteiger partial charge in [-0.3, -0.25) is 9.10 Å². The summed E-state index contributed by atoms with van der Waals surface area (Å²) >= 11 is 0. The average molecular weight is 417 g/mol. The van der Waals surface area contributed by atoms with Crippen LogP contribution in [0.1, 0.15) is 39.2 Å². The molecule has 0 aliphatic carbocycles. The second-order valence-corrected chi connectivity index (χ2v) is 10.2. The molecule has 29 heavy (non-hydrogen) atoms. The highest BCUT2D eigenvalue weighted by atomic mass is 32.2. The molecule has 0 unspecified atom stereocenters. The minimum absolute atomic E-state index is 0.0902. The maximum Gasteiger partial charge on any atom is 0.235 e. The molecule has 2 aromatic rings. The lowest BCUT2D eigenvalue weighted by molar-refractivity contribution is -0.116. The average Bonchev–Trinajstić information content (AvgIpc) is 3.01. The van der Waals surface area contributed by atoms with Gasteiger partial charge in [0, 0.05) is 12.2 Å². The van der Waals surface area contributed by atoms with Crippen molar-refractivity contribution in [2.75, 3.05) is 28.5 Å². The summed E-state index contributed by atoms with van der Waals surface area (Å²) in [6.07, 6.45) is 0.864. The van der Waals surface area contributed by atoms with Crippen LogP contribution in [0, 0.1) is 0 Å². The maximum atomic E-state index is 12.1. The van der Waals surface area contributed by atoms with Crippen LogP contribution >= 0.6 is 0 Å². The van der Waals surface area contributed by atoms with Crippen molar-refractivity contribution in [3.05, 3.63) is 54.1 Å². The molecule has 0 aromatic heterocycles. The predicted molar refractivity (Wildman–Crippen MR) is 116 cm³/mol. The number of amides is 1. The SMILES string of the molecule is CC(C)(C)c1ccc(OCCC(=O)Nc2ccc(N3CCCS3(=O)=O)cc2)cc1. The highest BCUT2D eigenvalue weighted by Crippen LogP contribution is 2.26. The maximum absolute atomic E-state index is 12.1. The normalized spacial score (nSPS) is 15.9. The minimum atomic E-state index is -3.20. The Balaban J connectivity index is 1.47. The fourth-order valence-corrected chi connectivity index (χ4v) is 4.74. The number of nitrogens with zero attached hydrogens (tertiary/aromatic N) is 1. The second kappa shape index (κ2) is 8.45. The van der Waals surface area contributed by atoms with E-state index in [9.17, 15) is 13.2 Å². The number of ether oxygens (including phenoxy) is 1. The summed E-state index contributed by atoms with van der Waals surface area (Å²) in [5, 5.41) is 2.81. The molecule has 0 radical (unpaired) electrons. The third-order valence-electron chi connectivity index (χ3n) is 4.86. The molecule has 1 heterocycles. The van der Waals surface area contributed by atoms with Gasteiger partial charge in [-0.25, -0.2) is 8.42 Å². The van der Waals surface area contributed by atoms with Crippen LogP contribution in [0.4, 0.5) is 11.4 Å². The van der Waals surface area contributed by atoms with E-state index in [1.165, 1.54) is 9.87 Å². The number of carbonyl (C=O) groups is 1. The summed E-state index contributed by atoms with van der Waals surface area (Å²) in [5.74, 6) is 0.768. The van der Waals surface area contributed by atoms with E-state index in [2.05, 4.69) is 26.1 Å². The third kappa shape index (κ3) is 5.50. The molecular weight excluding hydrogens is 388 g/mol. The lowest BCUT2D eigenvalue weighted by atomic mass is 9.87. The van der Waals surface area contributed by atoms with E-state index in [0.717, 1.165) is 5.75 Å². The van der Waals surface area contributed by atoms with Crippen molar-refractivity contribution in [1.29, 1.82) is 0 Å². The van der Waals surface area contributed by atoms with Gasteiger partial charge in [-0.1, -0.05) is 32.9 Å². The van der Waals surface area contributed by atoms with Gasteiger partial charge in [0.15, 0.2) is 0 Å². The topological polar surface area (TPSA) is 75.7 Å². The van der Waals surface area contributed by atoms with E-state index in [1.54, 1.807) is 24.3 Å². The molecule has 1 aliphatic rings. The van der Waals surface area contributed by atoms with Gasteiger partial charge in [0.05, 0.1) is 24.5 Å². The quantitative estimate of drug-likeness (QED) is 0.774. The number of sulfonamides is 1. The fourth-order valence-electron chi connectivity index (χ4n) is 3.18. The molecule has 7 heteroatoms. The molecule has 0 bridgehead atoms. The molecule has 2 aromatic carbocycles. The summed E-state index contributed by atoms with van der Waals surface area (Å²) in [4.78, 5) is 12.1. The Morgan fingerprint density at radius 1 is 1.07 bits per heavy atom. The van der Waals surface area contributed by atoms with E-state index in [1.807, 2.05) is 24.3 Å². The Kier molecular flexibility index (Phi) is 6.17. The largest absolute Gasteiger partial charge is 0.493 e. The van der Waals surface area contributed by atoms with Crippen LogP contribution < -0.4 is 14.4 Å². The van der Waals surface area contributed by atoms with E-state index in [-0.39, 0.29) is 30.1 Å². The number of anilines is 2. The van der Waals surface area contributed by atoms with Crippen molar-refractivity contribution >= 4 is 27.3 Å². The molecule has 0 spiro atoms. The van der Waals surface area contributed by atoms with Gasteiger partial charge in [0.2, 0.25) is 15.9 Å². The highest BCUT2D eigenvalue weighted by Gasteiger charge is 2.28. The Labute approximate surface area is 172 Å². The predicted octanol–water partition coefficient (Wildman–Crippen LogP) is 3.93. The summed E-state index contributed by atoms with van der Waals surface area (Å²) in [7, 11) is -3.20. The number of nitrogens with one attached hydrogen (secondary N) is 1. The highest BCUT2D eigenvalue weighted by molar-refractivity contribution is 7.93. The van der Waals surface area contributed by atoms with Crippen molar-refractivity contribution < 1.29 is 17.9 Å². The number of rotatable bonds is 6. The van der Waals surface area contributed by atoms with Crippen molar-refractivity contribution in [3.63, 3.8) is 0 Å². The number of benzene rings is 2. The van der Waals surface area contributed by atoms with Crippen LogP contribution in [-0.4, -0.2) is 33.2 Å². The van der Waals surface area contributed by atoms with Gasteiger partial charge >= 0.3 is 0 Å². The van der Waals surface area contributed by atoms with E-state index in [0.29, 0.717) is 24.3 Å². The van der Waals surface area contributed by atoms with E-state index >= 15 is 0 Å². The summed E-state index contributed by atoms with van der Waals surface area (Å²) in [5.41, 5.74) is 2.58. The Morgan fingerprint density at radius 3 is 2.28 bits per heavy atom. The summed E-state index contributed by atoms with van der Waals surface area (Å²) in [6.45, 7) is 7.25. The lowest BCUT2D eigenvalue weighted by Crippen LogP contribution is -2.25. The zero-order chi connectivity index (χ0) is 21.1. The van der Waals surface area contributed by atoms with Crippen molar-refractivity contribution in [2.45, 2.75) is 39.0 Å². The molecule has 0 atom stereocenters. The van der Waals surface area contributed by atoms with Gasteiger partial charge < -0.3 is 10.1 Å². The Morgan fingerprint density at radius 2 is 1.72 bits per heavy atom. The standard InChI is InChI=1S/C22H28N2O4S/c1-22(2,3)17-5-11-20(12-6-17)28-15-13-21(25)23-18-7-9-19(10-8-18)24-14-4-16-29(24,26)27/h5-12H,4,13-16H2,1-3H3,(H,23,25). The molecule has 1 saturated heterocycles. The minimum Gasteiger partial charge on any atom is -0.493 e. The molecule has 1 N–H and O–H groups in total. The molecular formula is C22H28N2O4S. The zero-order valence-corrected chi connectivity index (χ0v) is 18.0. The van der Waals surface area contributed by atoms with Crippen molar-refractivity contribution in [1.82, 2.24) is 0 Å². The van der Waals surface area contributed by atoms with Crippen LogP contribution in [0.2, 0.25) is 0 Å². The molecule has 6 nitrogen and oxygen atoms in total. The Bertz CT molecular complexity index is 946. The first-order valence-electron chi connectivity index (χ1n) is 9.79. The van der Waals surface area contributed by atoms with Crippen molar-refractivity contribution in [3.8, 4) is 5.75 Å². The first-order chi connectivity index (χ1) is 13.6. The van der Waals surface area contributed by atoms with Gasteiger partial charge in [-0.05, 0) is 53.8 Å². The number of hydrogen-bond donors (Lipinski definition) is 1. The van der Waals surface area contributed by atoms with Gasteiger partial charge in [-0.2, -0.15) is 0 Å². The van der Waals surface area contributed by atoms with Gasteiger partial charge in [0.25, 0.3) is 0 Å².